The molecular formula is C19H20ClFN2O2. The zero-order chi connectivity index (χ0) is 18.4. The van der Waals surface area contributed by atoms with Crippen molar-refractivity contribution in [1.29, 1.82) is 0 Å². The summed E-state index contributed by atoms with van der Waals surface area (Å²) in [4.78, 5) is 25.5. The number of hydrogen-bond donors (Lipinski definition) is 1. The van der Waals surface area contributed by atoms with Gasteiger partial charge in [-0.1, -0.05) is 35.9 Å². The zero-order valence-corrected chi connectivity index (χ0v) is 14.9. The molecule has 0 saturated heterocycles. The maximum atomic E-state index is 13.1. The third-order valence-corrected chi connectivity index (χ3v) is 4.17. The molecule has 2 aromatic rings. The fourth-order valence-corrected chi connectivity index (χ4v) is 2.56. The standard InChI is InChI=1S/C19H20ClFN2O2/c1-13-5-3-4-6-15(13)12-23(14(2)24)10-9-19(25)22-16-7-8-18(21)17(20)11-16/h3-8,11H,9-10,12H2,1-2H3,(H,22,25). The lowest BCUT2D eigenvalue weighted by Gasteiger charge is -2.22. The highest BCUT2D eigenvalue weighted by Gasteiger charge is 2.13. The Balaban J connectivity index is 1.94. The second-order valence-corrected chi connectivity index (χ2v) is 6.20. The predicted octanol–water partition coefficient (Wildman–Crippen LogP) is 4.16. The lowest BCUT2D eigenvalue weighted by molar-refractivity contribution is -0.129. The van der Waals surface area contributed by atoms with Crippen LogP contribution in [0.4, 0.5) is 10.1 Å². The van der Waals surface area contributed by atoms with Crippen LogP contribution in [-0.2, 0) is 16.1 Å². The number of hydrogen-bond acceptors (Lipinski definition) is 2. The minimum atomic E-state index is -0.541. The van der Waals surface area contributed by atoms with Gasteiger partial charge in [-0.15, -0.1) is 0 Å². The molecule has 0 radical (unpaired) electrons. The van der Waals surface area contributed by atoms with Crippen molar-refractivity contribution in [2.45, 2.75) is 26.8 Å². The largest absolute Gasteiger partial charge is 0.338 e. The average Bonchev–Trinajstić information content (AvgIpc) is 2.56. The van der Waals surface area contributed by atoms with E-state index in [9.17, 15) is 14.0 Å². The lowest BCUT2D eigenvalue weighted by atomic mass is 10.1. The first-order chi connectivity index (χ1) is 11.9. The predicted molar refractivity (Wildman–Crippen MR) is 96.9 cm³/mol. The van der Waals surface area contributed by atoms with E-state index in [2.05, 4.69) is 5.32 Å². The van der Waals surface area contributed by atoms with Gasteiger partial charge in [0.05, 0.1) is 5.02 Å². The molecule has 2 aromatic carbocycles. The number of benzene rings is 2. The van der Waals surface area contributed by atoms with E-state index in [0.717, 1.165) is 11.1 Å². The molecule has 2 rings (SSSR count). The van der Waals surface area contributed by atoms with Crippen LogP contribution in [0.25, 0.3) is 0 Å². The number of amides is 2. The van der Waals surface area contributed by atoms with Gasteiger partial charge in [0.2, 0.25) is 11.8 Å². The van der Waals surface area contributed by atoms with Gasteiger partial charge in [0.25, 0.3) is 0 Å². The van der Waals surface area contributed by atoms with Crippen LogP contribution in [0.1, 0.15) is 24.5 Å². The molecule has 0 aliphatic carbocycles. The number of halogens is 2. The Morgan fingerprint density at radius 2 is 1.92 bits per heavy atom. The number of nitrogens with one attached hydrogen (secondary N) is 1. The van der Waals surface area contributed by atoms with Crippen LogP contribution in [0.3, 0.4) is 0 Å². The Labute approximate surface area is 151 Å². The van der Waals surface area contributed by atoms with Crippen LogP contribution in [0.5, 0.6) is 0 Å². The van der Waals surface area contributed by atoms with Gasteiger partial charge in [-0.2, -0.15) is 0 Å². The average molecular weight is 363 g/mol. The fourth-order valence-electron chi connectivity index (χ4n) is 2.37. The normalized spacial score (nSPS) is 10.4. The molecule has 0 aliphatic rings. The highest BCUT2D eigenvalue weighted by molar-refractivity contribution is 6.31. The van der Waals surface area contributed by atoms with E-state index < -0.39 is 5.82 Å². The maximum absolute atomic E-state index is 13.1. The summed E-state index contributed by atoms with van der Waals surface area (Å²) in [5.74, 6) is -0.903. The van der Waals surface area contributed by atoms with E-state index in [0.29, 0.717) is 18.8 Å². The van der Waals surface area contributed by atoms with Crippen molar-refractivity contribution in [3.05, 3.63) is 64.4 Å². The first-order valence-corrected chi connectivity index (χ1v) is 8.29. The number of nitrogens with zero attached hydrogens (tertiary/aromatic N) is 1. The van der Waals surface area contributed by atoms with Crippen molar-refractivity contribution < 1.29 is 14.0 Å². The third-order valence-electron chi connectivity index (χ3n) is 3.88. The molecule has 0 fully saturated rings. The van der Waals surface area contributed by atoms with Crippen LogP contribution in [0.2, 0.25) is 5.02 Å². The minimum absolute atomic E-state index is 0.0530. The van der Waals surface area contributed by atoms with Crippen LogP contribution >= 0.6 is 11.6 Å². The monoisotopic (exact) mass is 362 g/mol. The second-order valence-electron chi connectivity index (χ2n) is 5.79. The zero-order valence-electron chi connectivity index (χ0n) is 14.2. The number of carbonyl (C=O) groups is 2. The molecule has 4 nitrogen and oxygen atoms in total. The van der Waals surface area contributed by atoms with Gasteiger partial charge in [0.1, 0.15) is 5.82 Å². The van der Waals surface area contributed by atoms with Crippen LogP contribution in [0, 0.1) is 12.7 Å². The fraction of sp³-hybridized carbons (Fsp3) is 0.263. The molecule has 0 atom stereocenters. The minimum Gasteiger partial charge on any atom is -0.338 e. The van der Waals surface area contributed by atoms with Gasteiger partial charge >= 0.3 is 0 Å². The van der Waals surface area contributed by atoms with Gasteiger partial charge < -0.3 is 10.2 Å². The summed E-state index contributed by atoms with van der Waals surface area (Å²) >= 11 is 5.69. The Morgan fingerprint density at radius 1 is 1.20 bits per heavy atom. The highest BCUT2D eigenvalue weighted by Crippen LogP contribution is 2.19. The molecule has 0 unspecified atom stereocenters. The van der Waals surface area contributed by atoms with E-state index in [4.69, 9.17) is 11.6 Å². The molecule has 0 saturated carbocycles. The number of carbonyl (C=O) groups excluding carboxylic acids is 2. The number of anilines is 1. The Hall–Kier alpha value is -2.40. The lowest BCUT2D eigenvalue weighted by Crippen LogP contribution is -2.31. The molecule has 2 amide bonds. The summed E-state index contributed by atoms with van der Waals surface area (Å²) in [6.45, 7) is 4.22. The van der Waals surface area contributed by atoms with Gasteiger partial charge in [-0.25, -0.2) is 4.39 Å². The summed E-state index contributed by atoms with van der Waals surface area (Å²) in [5.41, 5.74) is 2.56. The molecule has 0 bridgehead atoms. The Kier molecular flexibility index (Phi) is 6.53. The molecular weight excluding hydrogens is 343 g/mol. The number of aryl methyl sites for hydroxylation is 1. The summed E-state index contributed by atoms with van der Waals surface area (Å²) in [7, 11) is 0. The molecule has 6 heteroatoms. The Bertz CT molecular complexity index is 780. The van der Waals surface area contributed by atoms with E-state index in [1.54, 1.807) is 4.90 Å². The van der Waals surface area contributed by atoms with Crippen LogP contribution in [-0.4, -0.2) is 23.3 Å². The SMILES string of the molecule is CC(=O)N(CCC(=O)Nc1ccc(F)c(Cl)c1)Cc1ccccc1C. The second kappa shape index (κ2) is 8.62. The summed E-state index contributed by atoms with van der Waals surface area (Å²) in [6.07, 6.45) is 0.139. The first kappa shape index (κ1) is 18.9. The molecule has 1 N–H and O–H groups in total. The molecule has 0 heterocycles. The Morgan fingerprint density at radius 3 is 2.56 bits per heavy atom. The summed E-state index contributed by atoms with van der Waals surface area (Å²) in [6, 6.07) is 11.8. The van der Waals surface area contributed by atoms with E-state index >= 15 is 0 Å². The quantitative estimate of drug-likeness (QED) is 0.838. The number of rotatable bonds is 6. The highest BCUT2D eigenvalue weighted by atomic mass is 35.5. The van der Waals surface area contributed by atoms with Crippen molar-refractivity contribution in [3.63, 3.8) is 0 Å². The molecule has 0 aliphatic heterocycles. The van der Waals surface area contributed by atoms with E-state index in [-0.39, 0.29) is 23.3 Å². The van der Waals surface area contributed by atoms with Crippen LogP contribution < -0.4 is 5.32 Å². The smallest absolute Gasteiger partial charge is 0.226 e. The molecule has 25 heavy (non-hydrogen) atoms. The first-order valence-electron chi connectivity index (χ1n) is 7.91. The molecule has 0 spiro atoms. The van der Waals surface area contributed by atoms with Crippen molar-refractivity contribution in [1.82, 2.24) is 4.90 Å². The van der Waals surface area contributed by atoms with E-state index in [1.807, 2.05) is 31.2 Å². The summed E-state index contributed by atoms with van der Waals surface area (Å²) < 4.78 is 13.1. The van der Waals surface area contributed by atoms with Gasteiger partial charge in [0.15, 0.2) is 0 Å². The summed E-state index contributed by atoms with van der Waals surface area (Å²) in [5, 5.41) is 2.60. The van der Waals surface area contributed by atoms with Gasteiger partial charge in [0, 0.05) is 32.1 Å². The van der Waals surface area contributed by atoms with Crippen LogP contribution in [0.15, 0.2) is 42.5 Å². The van der Waals surface area contributed by atoms with Crippen molar-refractivity contribution in [2.75, 3.05) is 11.9 Å². The maximum Gasteiger partial charge on any atom is 0.226 e. The third kappa shape index (κ3) is 5.57. The van der Waals surface area contributed by atoms with Gasteiger partial charge in [-0.3, -0.25) is 9.59 Å². The van der Waals surface area contributed by atoms with Crippen molar-refractivity contribution >= 4 is 29.1 Å². The van der Waals surface area contributed by atoms with Crippen molar-refractivity contribution in [2.24, 2.45) is 0 Å². The molecule has 132 valence electrons. The topological polar surface area (TPSA) is 49.4 Å². The van der Waals surface area contributed by atoms with E-state index in [1.165, 1.54) is 25.1 Å². The van der Waals surface area contributed by atoms with Crippen molar-refractivity contribution in [3.8, 4) is 0 Å². The molecule has 0 aromatic heterocycles. The van der Waals surface area contributed by atoms with Gasteiger partial charge in [-0.05, 0) is 36.2 Å².